The lowest BCUT2D eigenvalue weighted by atomic mass is 9.96. The second kappa shape index (κ2) is 4.08. The van der Waals surface area contributed by atoms with E-state index in [1.807, 2.05) is 0 Å². The highest BCUT2D eigenvalue weighted by Crippen LogP contribution is 2.21. The number of hydrogen-bond acceptors (Lipinski definition) is 3. The maximum Gasteiger partial charge on any atom is 0.350 e. The zero-order valence-corrected chi connectivity index (χ0v) is 8.68. The number of rotatable bonds is 2. The number of sulfonamides is 1. The fourth-order valence-corrected chi connectivity index (χ4v) is 2.50. The molecule has 1 rings (SSSR count). The molecule has 0 bridgehead atoms. The Labute approximate surface area is 82.1 Å². The van der Waals surface area contributed by atoms with E-state index < -0.39 is 15.8 Å². The first-order valence-electron chi connectivity index (χ1n) is 4.38. The molecule has 1 saturated heterocycles. The average molecular weight is 228 g/mol. The number of nitrogens with two attached hydrogens (primary N) is 1. The van der Waals surface area contributed by atoms with E-state index in [1.165, 1.54) is 0 Å². The van der Waals surface area contributed by atoms with Crippen LogP contribution in [0.3, 0.4) is 0 Å². The first-order valence-corrected chi connectivity index (χ1v) is 5.88. The fraction of sp³-hybridized carbons (Fsp3) is 1.00. The van der Waals surface area contributed by atoms with Gasteiger partial charge in [0.15, 0.2) is 0 Å². The van der Waals surface area contributed by atoms with Crippen molar-refractivity contribution in [2.75, 3.05) is 13.1 Å². The molecule has 0 aromatic carbocycles. The summed E-state index contributed by atoms with van der Waals surface area (Å²) in [7, 11) is -4.41. The van der Waals surface area contributed by atoms with Gasteiger partial charge in [0.05, 0.1) is 0 Å². The van der Waals surface area contributed by atoms with Crippen LogP contribution in [-0.2, 0) is 10.0 Å². The van der Waals surface area contributed by atoms with Gasteiger partial charge in [-0.05, 0) is 12.3 Å². The van der Waals surface area contributed by atoms with Gasteiger partial charge in [0.2, 0.25) is 0 Å². The molecule has 2 N–H and O–H groups in total. The third kappa shape index (κ3) is 2.21. The molecule has 7 heteroatoms. The molecule has 0 radical (unpaired) electrons. The Bertz CT molecular complexity index is 294. The average Bonchev–Trinajstić information content (AvgIpc) is 2.09. The van der Waals surface area contributed by atoms with E-state index in [1.54, 1.807) is 6.92 Å². The van der Waals surface area contributed by atoms with Crippen LogP contribution in [0.2, 0.25) is 0 Å². The summed E-state index contributed by atoms with van der Waals surface area (Å²) < 4.78 is 47.3. The summed E-state index contributed by atoms with van der Waals surface area (Å²) in [5, 5.41) is 0. The van der Waals surface area contributed by atoms with Crippen LogP contribution >= 0.6 is 0 Å². The first-order chi connectivity index (χ1) is 6.35. The van der Waals surface area contributed by atoms with Gasteiger partial charge in [-0.1, -0.05) is 6.92 Å². The standard InChI is InChI=1S/C7H14F2N2O2S/c1-5-4-11(3-2-6(5)10)14(12,13)7(8)9/h5-7H,2-4,10H2,1H3. The lowest BCUT2D eigenvalue weighted by Gasteiger charge is -2.33. The molecule has 0 aromatic rings. The third-order valence-corrected chi connectivity index (χ3v) is 4.02. The summed E-state index contributed by atoms with van der Waals surface area (Å²) in [4.78, 5) is 0. The number of halogens is 2. The molecule has 84 valence electrons. The van der Waals surface area contributed by atoms with Crippen molar-refractivity contribution in [1.82, 2.24) is 4.31 Å². The number of hydrogen-bond donors (Lipinski definition) is 1. The van der Waals surface area contributed by atoms with Crippen molar-refractivity contribution in [2.24, 2.45) is 11.7 Å². The highest BCUT2D eigenvalue weighted by atomic mass is 32.2. The van der Waals surface area contributed by atoms with Crippen LogP contribution in [0.1, 0.15) is 13.3 Å². The SMILES string of the molecule is CC1CN(S(=O)(=O)C(F)F)CCC1N. The second-order valence-corrected chi connectivity index (χ2v) is 5.50. The topological polar surface area (TPSA) is 63.4 Å². The zero-order chi connectivity index (χ0) is 10.9. The highest BCUT2D eigenvalue weighted by molar-refractivity contribution is 7.89. The van der Waals surface area contributed by atoms with Gasteiger partial charge < -0.3 is 5.73 Å². The van der Waals surface area contributed by atoms with Crippen molar-refractivity contribution in [1.29, 1.82) is 0 Å². The predicted octanol–water partition coefficient (Wildman–Crippen LogP) is 0.208. The van der Waals surface area contributed by atoms with Crippen LogP contribution < -0.4 is 5.73 Å². The summed E-state index contributed by atoms with van der Waals surface area (Å²) in [5.74, 6) is -3.40. The van der Waals surface area contributed by atoms with E-state index in [4.69, 9.17) is 5.73 Å². The van der Waals surface area contributed by atoms with Crippen molar-refractivity contribution in [3.05, 3.63) is 0 Å². The molecule has 1 heterocycles. The number of piperidine rings is 1. The maximum absolute atomic E-state index is 12.2. The summed E-state index contributed by atoms with van der Waals surface area (Å²) in [6.45, 7) is 1.95. The van der Waals surface area contributed by atoms with Gasteiger partial charge in [0, 0.05) is 19.1 Å². The van der Waals surface area contributed by atoms with E-state index in [-0.39, 0.29) is 25.0 Å². The molecule has 1 aliphatic rings. The second-order valence-electron chi connectivity index (χ2n) is 3.59. The fourth-order valence-electron chi connectivity index (χ4n) is 1.47. The van der Waals surface area contributed by atoms with Gasteiger partial charge in [-0.25, -0.2) is 8.42 Å². The van der Waals surface area contributed by atoms with E-state index >= 15 is 0 Å². The van der Waals surface area contributed by atoms with Gasteiger partial charge in [-0.15, -0.1) is 0 Å². The maximum atomic E-state index is 12.2. The Balaban J connectivity index is 2.73. The van der Waals surface area contributed by atoms with E-state index in [2.05, 4.69) is 0 Å². The van der Waals surface area contributed by atoms with Gasteiger partial charge in [0.25, 0.3) is 10.0 Å². The summed E-state index contributed by atoms with van der Waals surface area (Å²) in [6.07, 6.45) is 0.438. The largest absolute Gasteiger partial charge is 0.350 e. The minimum atomic E-state index is -4.41. The molecule has 1 aliphatic heterocycles. The smallest absolute Gasteiger partial charge is 0.327 e. The number of alkyl halides is 2. The lowest BCUT2D eigenvalue weighted by molar-refractivity contribution is 0.196. The molecule has 2 unspecified atom stereocenters. The molecule has 14 heavy (non-hydrogen) atoms. The van der Waals surface area contributed by atoms with Crippen LogP contribution in [0.4, 0.5) is 8.78 Å². The van der Waals surface area contributed by atoms with Crippen LogP contribution in [0, 0.1) is 5.92 Å². The quantitative estimate of drug-likeness (QED) is 0.734. The summed E-state index contributed by atoms with van der Waals surface area (Å²) >= 11 is 0. The predicted molar refractivity (Wildman–Crippen MR) is 48.3 cm³/mol. The Hall–Kier alpha value is -0.270. The van der Waals surface area contributed by atoms with Gasteiger partial charge in [0.1, 0.15) is 0 Å². The minimum absolute atomic E-state index is 0.0720. The molecular weight excluding hydrogens is 214 g/mol. The van der Waals surface area contributed by atoms with Crippen molar-refractivity contribution in [2.45, 2.75) is 25.1 Å². The van der Waals surface area contributed by atoms with Crippen molar-refractivity contribution >= 4 is 10.0 Å². The monoisotopic (exact) mass is 228 g/mol. The third-order valence-electron chi connectivity index (χ3n) is 2.52. The minimum Gasteiger partial charge on any atom is -0.327 e. The summed E-state index contributed by atoms with van der Waals surface area (Å²) in [5.41, 5.74) is 5.65. The van der Waals surface area contributed by atoms with Crippen LogP contribution in [0.25, 0.3) is 0 Å². The van der Waals surface area contributed by atoms with Crippen molar-refractivity contribution in [3.63, 3.8) is 0 Å². The highest BCUT2D eigenvalue weighted by Gasteiger charge is 2.36. The molecular formula is C7H14F2N2O2S. The molecule has 0 amide bonds. The van der Waals surface area contributed by atoms with Crippen LogP contribution in [0.5, 0.6) is 0 Å². The summed E-state index contributed by atoms with van der Waals surface area (Å²) in [6, 6.07) is -0.0980. The van der Waals surface area contributed by atoms with Crippen LogP contribution in [0.15, 0.2) is 0 Å². The Morgan fingerprint density at radius 3 is 2.50 bits per heavy atom. The van der Waals surface area contributed by atoms with Crippen LogP contribution in [-0.4, -0.2) is 37.6 Å². The Kier molecular flexibility index (Phi) is 3.44. The first kappa shape index (κ1) is 11.8. The molecule has 1 fully saturated rings. The Morgan fingerprint density at radius 1 is 1.50 bits per heavy atom. The van der Waals surface area contributed by atoms with Gasteiger partial charge in [-0.2, -0.15) is 13.1 Å². The lowest BCUT2D eigenvalue weighted by Crippen LogP contribution is -2.49. The Morgan fingerprint density at radius 2 is 2.07 bits per heavy atom. The molecule has 0 spiro atoms. The zero-order valence-electron chi connectivity index (χ0n) is 7.86. The normalized spacial score (nSPS) is 30.9. The molecule has 4 nitrogen and oxygen atoms in total. The van der Waals surface area contributed by atoms with E-state index in [0.29, 0.717) is 6.42 Å². The van der Waals surface area contributed by atoms with E-state index in [0.717, 1.165) is 4.31 Å². The van der Waals surface area contributed by atoms with E-state index in [9.17, 15) is 17.2 Å². The molecule has 0 aliphatic carbocycles. The number of nitrogens with zero attached hydrogens (tertiary/aromatic N) is 1. The van der Waals surface area contributed by atoms with Gasteiger partial charge >= 0.3 is 5.76 Å². The molecule has 0 aromatic heterocycles. The molecule has 0 saturated carbocycles. The van der Waals surface area contributed by atoms with Crippen molar-refractivity contribution in [3.8, 4) is 0 Å². The molecule has 2 atom stereocenters. The van der Waals surface area contributed by atoms with Crippen molar-refractivity contribution < 1.29 is 17.2 Å². The van der Waals surface area contributed by atoms with Gasteiger partial charge in [-0.3, -0.25) is 0 Å².